The van der Waals surface area contributed by atoms with Crippen LogP contribution >= 0.6 is 27.5 Å². The van der Waals surface area contributed by atoms with Crippen LogP contribution in [0.2, 0.25) is 5.02 Å². The van der Waals surface area contributed by atoms with Gasteiger partial charge in [0, 0.05) is 15.1 Å². The second kappa shape index (κ2) is 4.08. The van der Waals surface area contributed by atoms with Gasteiger partial charge in [0.25, 0.3) is 0 Å². The summed E-state index contributed by atoms with van der Waals surface area (Å²) in [7, 11) is 0. The summed E-state index contributed by atoms with van der Waals surface area (Å²) in [5.74, 6) is 0. The van der Waals surface area contributed by atoms with E-state index in [9.17, 15) is 13.2 Å². The van der Waals surface area contributed by atoms with E-state index in [0.29, 0.717) is 0 Å². The lowest BCUT2D eigenvalue weighted by Crippen LogP contribution is -2.29. The molecule has 0 saturated carbocycles. The Kier molecular flexibility index (Phi) is 3.44. The van der Waals surface area contributed by atoms with E-state index in [4.69, 9.17) is 17.3 Å². The number of rotatable bonds is 1. The summed E-state index contributed by atoms with van der Waals surface area (Å²) in [6, 6.07) is 2.31. The van der Waals surface area contributed by atoms with Gasteiger partial charge in [-0.1, -0.05) is 33.6 Å². The van der Waals surface area contributed by atoms with Crippen LogP contribution in [0.5, 0.6) is 0 Å². The Morgan fingerprint density at radius 2 is 1.93 bits per heavy atom. The van der Waals surface area contributed by atoms with Crippen molar-refractivity contribution in [3.8, 4) is 0 Å². The fourth-order valence-electron chi connectivity index (χ4n) is 0.971. The van der Waals surface area contributed by atoms with Crippen molar-refractivity contribution in [3.63, 3.8) is 0 Å². The highest BCUT2D eigenvalue weighted by Crippen LogP contribution is 2.37. The van der Waals surface area contributed by atoms with Crippen molar-refractivity contribution in [1.29, 1.82) is 0 Å². The molecule has 0 aromatic heterocycles. The highest BCUT2D eigenvalue weighted by Gasteiger charge is 2.39. The molecule has 1 atom stereocenters. The zero-order chi connectivity index (χ0) is 10.9. The predicted molar refractivity (Wildman–Crippen MR) is 52.1 cm³/mol. The van der Waals surface area contributed by atoms with E-state index in [-0.39, 0.29) is 15.1 Å². The van der Waals surface area contributed by atoms with Gasteiger partial charge in [0.05, 0.1) is 0 Å². The molecule has 0 bridgehead atoms. The van der Waals surface area contributed by atoms with E-state index in [1.807, 2.05) is 0 Å². The van der Waals surface area contributed by atoms with Crippen molar-refractivity contribution in [2.24, 2.45) is 5.73 Å². The molecule has 0 aliphatic heterocycles. The van der Waals surface area contributed by atoms with Gasteiger partial charge in [-0.3, -0.25) is 0 Å². The Morgan fingerprint density at radius 1 is 1.36 bits per heavy atom. The Morgan fingerprint density at radius 3 is 2.36 bits per heavy atom. The molecule has 0 spiro atoms. The minimum absolute atomic E-state index is 0.00389. The van der Waals surface area contributed by atoms with E-state index in [0.717, 1.165) is 0 Å². The summed E-state index contributed by atoms with van der Waals surface area (Å²) in [6.45, 7) is 0. The second-order valence-electron chi connectivity index (χ2n) is 2.65. The Bertz CT molecular complexity index is 320. The summed E-state index contributed by atoms with van der Waals surface area (Å²) in [5, 5.41) is 0.00389. The summed E-state index contributed by atoms with van der Waals surface area (Å²) < 4.78 is 37.1. The molecular formula is C8H6BrClF3N. The number of alkyl halides is 3. The maximum atomic E-state index is 12.3. The quantitative estimate of drug-likeness (QED) is 0.838. The highest BCUT2D eigenvalue weighted by molar-refractivity contribution is 9.10. The van der Waals surface area contributed by atoms with Crippen molar-refractivity contribution in [3.05, 3.63) is 33.3 Å². The van der Waals surface area contributed by atoms with E-state index < -0.39 is 12.2 Å². The number of hydrogen-bond acceptors (Lipinski definition) is 1. The lowest BCUT2D eigenvalue weighted by molar-refractivity contribution is -0.149. The number of benzene rings is 1. The summed E-state index contributed by atoms with van der Waals surface area (Å²) in [6.07, 6.45) is -4.49. The maximum absolute atomic E-state index is 12.3. The lowest BCUT2D eigenvalue weighted by atomic mass is 10.1. The van der Waals surface area contributed by atoms with Crippen molar-refractivity contribution in [1.82, 2.24) is 0 Å². The predicted octanol–water partition coefficient (Wildman–Crippen LogP) is 3.66. The van der Waals surface area contributed by atoms with E-state index >= 15 is 0 Å². The van der Waals surface area contributed by atoms with Crippen LogP contribution in [0.25, 0.3) is 0 Å². The monoisotopic (exact) mass is 287 g/mol. The van der Waals surface area contributed by atoms with Gasteiger partial charge in [-0.05, 0) is 12.1 Å². The molecule has 14 heavy (non-hydrogen) atoms. The summed E-state index contributed by atoms with van der Waals surface area (Å²) >= 11 is 8.60. The molecule has 0 saturated heterocycles. The zero-order valence-corrected chi connectivity index (χ0v) is 9.12. The number of nitrogens with two attached hydrogens (primary N) is 1. The van der Waals surface area contributed by atoms with Gasteiger partial charge in [-0.15, -0.1) is 0 Å². The molecule has 1 rings (SSSR count). The van der Waals surface area contributed by atoms with Crippen LogP contribution in [0.15, 0.2) is 22.7 Å². The highest BCUT2D eigenvalue weighted by atomic mass is 79.9. The molecule has 0 amide bonds. The van der Waals surface area contributed by atoms with Gasteiger partial charge in [0.1, 0.15) is 6.04 Å². The molecule has 0 fully saturated rings. The Labute approximate surface area is 92.2 Å². The largest absolute Gasteiger partial charge is 0.407 e. The maximum Gasteiger partial charge on any atom is 0.407 e. The topological polar surface area (TPSA) is 26.0 Å². The smallest absolute Gasteiger partial charge is 0.316 e. The Hall–Kier alpha value is -0.260. The SMILES string of the molecule is NC(c1c(Cl)cccc1Br)C(F)(F)F. The molecule has 6 heteroatoms. The van der Waals surface area contributed by atoms with E-state index in [2.05, 4.69) is 15.9 Å². The van der Waals surface area contributed by atoms with Crippen LogP contribution in [0, 0.1) is 0 Å². The molecule has 2 N–H and O–H groups in total. The molecule has 78 valence electrons. The van der Waals surface area contributed by atoms with Crippen LogP contribution in [-0.2, 0) is 0 Å². The van der Waals surface area contributed by atoms with Crippen LogP contribution < -0.4 is 5.73 Å². The summed E-state index contributed by atoms with van der Waals surface area (Å²) in [4.78, 5) is 0. The average molecular weight is 288 g/mol. The van der Waals surface area contributed by atoms with Crippen LogP contribution in [0.4, 0.5) is 13.2 Å². The molecule has 1 unspecified atom stereocenters. The van der Waals surface area contributed by atoms with Gasteiger partial charge in [0.15, 0.2) is 0 Å². The Balaban J connectivity index is 3.19. The number of halogens is 5. The molecule has 1 nitrogen and oxygen atoms in total. The summed E-state index contributed by atoms with van der Waals surface area (Å²) in [5.41, 5.74) is 4.90. The van der Waals surface area contributed by atoms with Gasteiger partial charge >= 0.3 is 6.18 Å². The third-order valence-corrected chi connectivity index (χ3v) is 2.68. The van der Waals surface area contributed by atoms with E-state index in [1.165, 1.54) is 12.1 Å². The first-order valence-electron chi connectivity index (χ1n) is 3.60. The van der Waals surface area contributed by atoms with Crippen LogP contribution in [-0.4, -0.2) is 6.18 Å². The minimum atomic E-state index is -4.49. The van der Waals surface area contributed by atoms with Crippen molar-refractivity contribution in [2.45, 2.75) is 12.2 Å². The molecular weight excluding hydrogens is 282 g/mol. The van der Waals surface area contributed by atoms with E-state index in [1.54, 1.807) is 6.07 Å². The average Bonchev–Trinajstić information content (AvgIpc) is 2.01. The molecule has 0 aliphatic carbocycles. The fraction of sp³-hybridized carbons (Fsp3) is 0.250. The van der Waals surface area contributed by atoms with Crippen LogP contribution in [0.1, 0.15) is 11.6 Å². The number of hydrogen-bond donors (Lipinski definition) is 1. The second-order valence-corrected chi connectivity index (χ2v) is 3.92. The minimum Gasteiger partial charge on any atom is -0.316 e. The fourth-order valence-corrected chi connectivity index (χ4v) is 1.99. The molecule has 1 aromatic rings. The first kappa shape index (κ1) is 11.8. The zero-order valence-electron chi connectivity index (χ0n) is 6.78. The molecule has 0 radical (unpaired) electrons. The molecule has 1 aromatic carbocycles. The third kappa shape index (κ3) is 2.40. The normalized spacial score (nSPS) is 14.1. The van der Waals surface area contributed by atoms with Crippen LogP contribution in [0.3, 0.4) is 0 Å². The first-order chi connectivity index (χ1) is 6.34. The standard InChI is InChI=1S/C8H6BrClF3N/c9-4-2-1-3-5(10)6(4)7(14)8(11,12)13/h1-3,7H,14H2. The molecule has 0 aliphatic rings. The molecule has 0 heterocycles. The van der Waals surface area contributed by atoms with Crippen molar-refractivity contribution < 1.29 is 13.2 Å². The van der Waals surface area contributed by atoms with Crippen molar-refractivity contribution in [2.75, 3.05) is 0 Å². The first-order valence-corrected chi connectivity index (χ1v) is 4.77. The van der Waals surface area contributed by atoms with Gasteiger partial charge in [-0.25, -0.2) is 0 Å². The van der Waals surface area contributed by atoms with Crippen molar-refractivity contribution >= 4 is 27.5 Å². The van der Waals surface area contributed by atoms with Gasteiger partial charge < -0.3 is 5.73 Å². The van der Waals surface area contributed by atoms with Gasteiger partial charge in [-0.2, -0.15) is 13.2 Å². The lowest BCUT2D eigenvalue weighted by Gasteiger charge is -2.18. The van der Waals surface area contributed by atoms with Gasteiger partial charge in [0.2, 0.25) is 0 Å². The third-order valence-electron chi connectivity index (χ3n) is 1.66.